The maximum Gasteiger partial charge on any atom is 0.417 e. The molecule has 92 valence electrons. The van der Waals surface area contributed by atoms with Gasteiger partial charge >= 0.3 is 6.09 Å². The highest BCUT2D eigenvalue weighted by Crippen LogP contribution is 2.08. The lowest BCUT2D eigenvalue weighted by atomic mass is 10.2. The van der Waals surface area contributed by atoms with Crippen LogP contribution in [0.1, 0.15) is 6.92 Å². The molecule has 18 heavy (non-hydrogen) atoms. The lowest BCUT2D eigenvalue weighted by molar-refractivity contribution is 0.206. The van der Waals surface area contributed by atoms with Gasteiger partial charge in [-0.3, -0.25) is 5.32 Å². The van der Waals surface area contributed by atoms with Crippen molar-refractivity contribution < 1.29 is 9.53 Å². The summed E-state index contributed by atoms with van der Waals surface area (Å²) >= 11 is 4.87. The molecule has 0 unspecified atom stereocenters. The number of rotatable bonds is 2. The number of hydrogen-bond acceptors (Lipinski definition) is 5. The summed E-state index contributed by atoms with van der Waals surface area (Å²) in [5, 5.41) is 11.1. The van der Waals surface area contributed by atoms with Gasteiger partial charge in [-0.15, -0.1) is 0 Å². The largest absolute Gasteiger partial charge is 0.417 e. The minimum atomic E-state index is -0.764. The van der Waals surface area contributed by atoms with E-state index in [0.29, 0.717) is 5.75 Å². The van der Waals surface area contributed by atoms with E-state index in [2.05, 4.69) is 5.32 Å². The normalized spacial score (nSPS) is 10.9. The Bertz CT molecular complexity index is 528. The molecule has 1 aromatic carbocycles. The third-order valence-corrected chi connectivity index (χ3v) is 2.21. The number of amides is 1. The maximum absolute atomic E-state index is 11.5. The quantitative estimate of drug-likeness (QED) is 0.482. The summed E-state index contributed by atoms with van der Waals surface area (Å²) in [5.74, 6) is 0.379. The van der Waals surface area contributed by atoms with Crippen LogP contribution in [0.15, 0.2) is 41.6 Å². The third-order valence-electron chi connectivity index (χ3n) is 1.90. The van der Waals surface area contributed by atoms with Gasteiger partial charge in [0.25, 0.3) is 0 Å². The van der Waals surface area contributed by atoms with Crippen LogP contribution >= 0.6 is 12.2 Å². The molecule has 0 fully saturated rings. The van der Waals surface area contributed by atoms with Crippen LogP contribution < -0.4 is 15.8 Å². The van der Waals surface area contributed by atoms with E-state index in [1.54, 1.807) is 30.3 Å². The van der Waals surface area contributed by atoms with Crippen molar-refractivity contribution in [2.24, 2.45) is 5.73 Å². The van der Waals surface area contributed by atoms with Gasteiger partial charge in [0.15, 0.2) is 0 Å². The van der Waals surface area contributed by atoms with Gasteiger partial charge in [-0.05, 0) is 19.1 Å². The summed E-state index contributed by atoms with van der Waals surface area (Å²) in [6.07, 6.45) is -0.764. The van der Waals surface area contributed by atoms with Gasteiger partial charge in [0.05, 0.1) is 0 Å². The fraction of sp³-hybridized carbons (Fsp3) is 0.0833. The number of nitrogens with one attached hydrogen (secondary N) is 1. The average molecular weight is 261 g/mol. The number of ether oxygens (including phenoxy) is 1. The molecule has 6 heteroatoms. The molecule has 0 aliphatic carbocycles. The van der Waals surface area contributed by atoms with Gasteiger partial charge in [-0.1, -0.05) is 30.4 Å². The maximum atomic E-state index is 11.5. The van der Waals surface area contributed by atoms with Crippen LogP contribution in [0, 0.1) is 11.3 Å². The smallest absolute Gasteiger partial charge is 0.410 e. The molecule has 0 aromatic heterocycles. The Kier molecular flexibility index (Phi) is 4.84. The summed E-state index contributed by atoms with van der Waals surface area (Å²) in [6, 6.07) is 10.3. The Morgan fingerprint density at radius 1 is 1.44 bits per heavy atom. The highest BCUT2D eigenvalue weighted by Gasteiger charge is 2.12. The predicted octanol–water partition coefficient (Wildman–Crippen LogP) is 1.86. The lowest BCUT2D eigenvalue weighted by Gasteiger charge is -2.07. The van der Waals surface area contributed by atoms with Crippen LogP contribution in [-0.2, 0) is 0 Å². The highest BCUT2D eigenvalue weighted by atomic mass is 32.1. The number of nitriles is 1. The molecule has 0 saturated carbocycles. The molecule has 0 bridgehead atoms. The fourth-order valence-corrected chi connectivity index (χ4v) is 1.38. The Morgan fingerprint density at radius 3 is 2.56 bits per heavy atom. The molecule has 0 atom stereocenters. The summed E-state index contributed by atoms with van der Waals surface area (Å²) in [6.45, 7) is 1.52. The first-order valence-corrected chi connectivity index (χ1v) is 5.40. The highest BCUT2D eigenvalue weighted by molar-refractivity contribution is 7.80. The van der Waals surface area contributed by atoms with E-state index in [0.717, 1.165) is 0 Å². The van der Waals surface area contributed by atoms with E-state index >= 15 is 0 Å². The molecule has 1 aromatic rings. The fourth-order valence-electron chi connectivity index (χ4n) is 1.09. The zero-order valence-corrected chi connectivity index (χ0v) is 10.5. The summed E-state index contributed by atoms with van der Waals surface area (Å²) < 4.78 is 4.95. The van der Waals surface area contributed by atoms with Crippen LogP contribution in [-0.4, -0.2) is 11.1 Å². The number of allylic oxidation sites excluding steroid dienone is 1. The molecule has 0 heterocycles. The summed E-state index contributed by atoms with van der Waals surface area (Å²) in [4.78, 5) is 11.4. The first-order valence-electron chi connectivity index (χ1n) is 4.99. The van der Waals surface area contributed by atoms with Crippen LogP contribution in [0.2, 0.25) is 0 Å². The van der Waals surface area contributed by atoms with Gasteiger partial charge in [0, 0.05) is 5.70 Å². The van der Waals surface area contributed by atoms with Gasteiger partial charge in [0.1, 0.15) is 22.4 Å². The second-order valence-corrected chi connectivity index (χ2v) is 3.73. The second kappa shape index (κ2) is 6.37. The van der Waals surface area contributed by atoms with E-state index < -0.39 is 6.09 Å². The minimum Gasteiger partial charge on any atom is -0.410 e. The standard InChI is InChI=1S/C12H11N3O2S/c1-8(14)10(7-13)11(18)15-12(16)17-9-5-3-2-4-6-9/h2-6H,14H2,1H3,(H,15,16,18)/b10-8+. The lowest BCUT2D eigenvalue weighted by Crippen LogP contribution is -2.33. The van der Waals surface area contributed by atoms with E-state index in [9.17, 15) is 4.79 Å². The Morgan fingerprint density at radius 2 is 2.06 bits per heavy atom. The molecule has 0 aliphatic heterocycles. The molecule has 0 radical (unpaired) electrons. The minimum absolute atomic E-state index is 0.0509. The van der Waals surface area contributed by atoms with E-state index in [-0.39, 0.29) is 16.3 Å². The molecule has 0 spiro atoms. The first-order chi connectivity index (χ1) is 8.54. The molecule has 0 saturated heterocycles. The Hall–Kier alpha value is -2.39. The van der Waals surface area contributed by atoms with Gasteiger partial charge in [-0.25, -0.2) is 4.79 Å². The first kappa shape index (κ1) is 13.7. The van der Waals surface area contributed by atoms with E-state index in [1.807, 2.05) is 6.07 Å². The number of benzene rings is 1. The van der Waals surface area contributed by atoms with Gasteiger partial charge < -0.3 is 10.5 Å². The van der Waals surface area contributed by atoms with Crippen LogP contribution in [0.3, 0.4) is 0 Å². The molecule has 5 nitrogen and oxygen atoms in total. The number of nitrogens with two attached hydrogens (primary N) is 1. The van der Waals surface area contributed by atoms with Crippen molar-refractivity contribution in [3.8, 4) is 11.8 Å². The topological polar surface area (TPSA) is 88.1 Å². The molecule has 0 aliphatic rings. The van der Waals surface area contributed by atoms with Crippen LogP contribution in [0.4, 0.5) is 4.79 Å². The zero-order chi connectivity index (χ0) is 13.5. The molecular weight excluding hydrogens is 250 g/mol. The van der Waals surface area contributed by atoms with Crippen molar-refractivity contribution >= 4 is 23.3 Å². The number of nitrogens with zero attached hydrogens (tertiary/aromatic N) is 1. The van der Waals surface area contributed by atoms with Crippen molar-refractivity contribution in [2.45, 2.75) is 6.92 Å². The van der Waals surface area contributed by atoms with Crippen molar-refractivity contribution in [3.05, 3.63) is 41.6 Å². The number of para-hydroxylation sites is 1. The third kappa shape index (κ3) is 3.88. The van der Waals surface area contributed by atoms with Crippen molar-refractivity contribution in [3.63, 3.8) is 0 Å². The Balaban J connectivity index is 2.65. The van der Waals surface area contributed by atoms with Crippen molar-refractivity contribution in [1.29, 1.82) is 5.26 Å². The Labute approximate surface area is 110 Å². The summed E-state index contributed by atoms with van der Waals surface area (Å²) in [5.41, 5.74) is 5.74. The van der Waals surface area contributed by atoms with Gasteiger partial charge in [-0.2, -0.15) is 5.26 Å². The van der Waals surface area contributed by atoms with Crippen LogP contribution in [0.5, 0.6) is 5.75 Å². The average Bonchev–Trinajstić information content (AvgIpc) is 2.30. The van der Waals surface area contributed by atoms with Crippen LogP contribution in [0.25, 0.3) is 0 Å². The summed E-state index contributed by atoms with van der Waals surface area (Å²) in [7, 11) is 0. The number of hydrogen-bond donors (Lipinski definition) is 2. The van der Waals surface area contributed by atoms with E-state index in [4.69, 9.17) is 28.0 Å². The van der Waals surface area contributed by atoms with Crippen molar-refractivity contribution in [2.75, 3.05) is 0 Å². The molecule has 1 rings (SSSR count). The molecule has 1 amide bonds. The second-order valence-electron chi connectivity index (χ2n) is 3.33. The SMILES string of the molecule is C/C(N)=C(/C#N)C(=S)NC(=O)Oc1ccccc1. The van der Waals surface area contributed by atoms with E-state index in [1.165, 1.54) is 6.92 Å². The molecule has 3 N–H and O–H groups in total. The van der Waals surface area contributed by atoms with Gasteiger partial charge in [0.2, 0.25) is 0 Å². The monoisotopic (exact) mass is 261 g/mol. The number of carbonyl (C=O) groups is 1. The predicted molar refractivity (Wildman–Crippen MR) is 70.7 cm³/mol. The molecular formula is C12H11N3O2S. The van der Waals surface area contributed by atoms with Crippen molar-refractivity contribution in [1.82, 2.24) is 5.32 Å². The number of thiocarbonyl (C=S) groups is 1. The zero-order valence-electron chi connectivity index (χ0n) is 9.64. The number of carbonyl (C=O) groups excluding carboxylic acids is 1.